The molecular weight excluding hydrogens is 278 g/mol. The third-order valence-electron chi connectivity index (χ3n) is 3.05. The summed E-state index contributed by atoms with van der Waals surface area (Å²) in [6.07, 6.45) is 1.80. The molecule has 2 rings (SSSR count). The van der Waals surface area contributed by atoms with Gasteiger partial charge in [-0.15, -0.1) is 0 Å². The van der Waals surface area contributed by atoms with Gasteiger partial charge in [0.15, 0.2) is 0 Å². The van der Waals surface area contributed by atoms with Crippen molar-refractivity contribution in [2.45, 2.75) is 0 Å². The maximum absolute atomic E-state index is 5.35. The molecule has 0 aliphatic rings. The highest BCUT2D eigenvalue weighted by Crippen LogP contribution is 2.10. The number of rotatable bonds is 6. The highest BCUT2D eigenvalue weighted by molar-refractivity contribution is 7.80. The molecule has 0 saturated carbocycles. The molecule has 0 bridgehead atoms. The fraction of sp³-hybridized carbons (Fsp3) is 0.176. The smallest absolute Gasteiger partial charge is 0.0687 e. The van der Waals surface area contributed by atoms with E-state index in [4.69, 9.17) is 12.2 Å². The average Bonchev–Trinajstić information content (AvgIpc) is 2.52. The Hall–Kier alpha value is -2.20. The Morgan fingerprint density at radius 1 is 1.10 bits per heavy atom. The molecular formula is C17H19N3S. The van der Waals surface area contributed by atoms with Gasteiger partial charge < -0.3 is 10.3 Å². The van der Waals surface area contributed by atoms with Crippen LogP contribution in [0.15, 0.2) is 59.7 Å². The summed E-state index contributed by atoms with van der Waals surface area (Å²) in [5, 5.41) is 4.21. The zero-order chi connectivity index (χ0) is 15.1. The first-order chi connectivity index (χ1) is 10.2. The first-order valence-electron chi connectivity index (χ1n) is 6.78. The Labute approximate surface area is 131 Å². The van der Waals surface area contributed by atoms with E-state index in [9.17, 15) is 0 Å². The van der Waals surface area contributed by atoms with Crippen molar-refractivity contribution < 1.29 is 0 Å². The SMILES string of the molecule is CN(C)c1ccc(/C=N/NCC(=S)c2ccccc2)cc1. The van der Waals surface area contributed by atoms with Gasteiger partial charge in [-0.1, -0.05) is 54.7 Å². The number of hydrazone groups is 1. The third kappa shape index (κ3) is 4.68. The lowest BCUT2D eigenvalue weighted by Crippen LogP contribution is -2.17. The molecule has 0 radical (unpaired) electrons. The lowest BCUT2D eigenvalue weighted by Gasteiger charge is -2.11. The van der Waals surface area contributed by atoms with Crippen molar-refractivity contribution in [2.75, 3.05) is 25.5 Å². The number of nitrogens with zero attached hydrogens (tertiary/aromatic N) is 2. The fourth-order valence-electron chi connectivity index (χ4n) is 1.82. The van der Waals surface area contributed by atoms with Gasteiger partial charge in [0.2, 0.25) is 0 Å². The normalized spacial score (nSPS) is 10.6. The Morgan fingerprint density at radius 3 is 2.38 bits per heavy atom. The molecule has 21 heavy (non-hydrogen) atoms. The summed E-state index contributed by atoms with van der Waals surface area (Å²) in [6.45, 7) is 0.561. The van der Waals surface area contributed by atoms with Gasteiger partial charge in [-0.25, -0.2) is 0 Å². The van der Waals surface area contributed by atoms with E-state index in [1.54, 1.807) is 6.21 Å². The van der Waals surface area contributed by atoms with Crippen molar-refractivity contribution in [1.29, 1.82) is 0 Å². The summed E-state index contributed by atoms with van der Waals surface area (Å²) in [4.78, 5) is 2.92. The maximum Gasteiger partial charge on any atom is 0.0687 e. The van der Waals surface area contributed by atoms with Crippen LogP contribution in [0.25, 0.3) is 0 Å². The molecule has 0 spiro atoms. The van der Waals surface area contributed by atoms with Crippen molar-refractivity contribution in [3.05, 3.63) is 65.7 Å². The molecule has 3 nitrogen and oxygen atoms in total. The van der Waals surface area contributed by atoms with Crippen molar-refractivity contribution in [1.82, 2.24) is 5.43 Å². The van der Waals surface area contributed by atoms with Gasteiger partial charge in [0, 0.05) is 24.6 Å². The highest BCUT2D eigenvalue weighted by Gasteiger charge is 1.98. The van der Waals surface area contributed by atoms with Crippen LogP contribution in [-0.2, 0) is 0 Å². The summed E-state index contributed by atoms with van der Waals surface area (Å²) >= 11 is 5.35. The van der Waals surface area contributed by atoms with Crippen LogP contribution in [-0.4, -0.2) is 31.7 Å². The van der Waals surface area contributed by atoms with E-state index in [1.807, 2.05) is 56.6 Å². The first-order valence-corrected chi connectivity index (χ1v) is 7.19. The Balaban J connectivity index is 1.84. The molecule has 0 atom stereocenters. The van der Waals surface area contributed by atoms with Gasteiger partial charge >= 0.3 is 0 Å². The van der Waals surface area contributed by atoms with Crippen molar-refractivity contribution in [3.8, 4) is 0 Å². The molecule has 0 heterocycles. The van der Waals surface area contributed by atoms with E-state index in [0.29, 0.717) is 6.54 Å². The minimum Gasteiger partial charge on any atom is -0.378 e. The predicted octanol–water partition coefficient (Wildman–Crippen LogP) is 3.09. The Kier molecular flexibility index (Phi) is 5.46. The van der Waals surface area contributed by atoms with Crippen molar-refractivity contribution in [3.63, 3.8) is 0 Å². The fourth-order valence-corrected chi connectivity index (χ4v) is 2.02. The molecule has 0 aliphatic heterocycles. The molecule has 0 saturated heterocycles. The number of hydrogen-bond acceptors (Lipinski definition) is 4. The largest absolute Gasteiger partial charge is 0.378 e. The number of nitrogens with one attached hydrogen (secondary N) is 1. The average molecular weight is 297 g/mol. The Morgan fingerprint density at radius 2 is 1.76 bits per heavy atom. The minimum atomic E-state index is 0.561. The van der Waals surface area contributed by atoms with Gasteiger partial charge in [0.05, 0.1) is 12.8 Å². The molecule has 2 aromatic rings. The van der Waals surface area contributed by atoms with Crippen LogP contribution in [0.2, 0.25) is 0 Å². The van der Waals surface area contributed by atoms with Gasteiger partial charge in [0.1, 0.15) is 0 Å². The van der Waals surface area contributed by atoms with Crippen LogP contribution in [0, 0.1) is 0 Å². The van der Waals surface area contributed by atoms with Crippen LogP contribution >= 0.6 is 12.2 Å². The molecule has 2 aromatic carbocycles. The summed E-state index contributed by atoms with van der Waals surface area (Å²) in [5.74, 6) is 0. The van der Waals surface area contributed by atoms with E-state index < -0.39 is 0 Å². The molecule has 1 N–H and O–H groups in total. The molecule has 0 unspecified atom stereocenters. The van der Waals surface area contributed by atoms with E-state index in [1.165, 1.54) is 5.69 Å². The Bertz CT molecular complexity index is 604. The molecule has 0 fully saturated rings. The van der Waals surface area contributed by atoms with E-state index >= 15 is 0 Å². The quantitative estimate of drug-likeness (QED) is 0.384. The second-order valence-electron chi connectivity index (χ2n) is 4.87. The van der Waals surface area contributed by atoms with Gasteiger partial charge in [-0.05, 0) is 23.3 Å². The predicted molar refractivity (Wildman–Crippen MR) is 94.5 cm³/mol. The number of benzene rings is 2. The zero-order valence-corrected chi connectivity index (χ0v) is 13.1. The van der Waals surface area contributed by atoms with Crippen LogP contribution in [0.1, 0.15) is 11.1 Å². The monoisotopic (exact) mass is 297 g/mol. The summed E-state index contributed by atoms with van der Waals surface area (Å²) in [6, 6.07) is 18.2. The second-order valence-corrected chi connectivity index (χ2v) is 5.36. The van der Waals surface area contributed by atoms with Crippen LogP contribution in [0.5, 0.6) is 0 Å². The number of anilines is 1. The van der Waals surface area contributed by atoms with Crippen LogP contribution in [0.3, 0.4) is 0 Å². The van der Waals surface area contributed by atoms with Crippen molar-refractivity contribution >= 4 is 29.0 Å². The maximum atomic E-state index is 5.35. The third-order valence-corrected chi connectivity index (χ3v) is 3.43. The van der Waals surface area contributed by atoms with Gasteiger partial charge in [0.25, 0.3) is 0 Å². The lowest BCUT2D eigenvalue weighted by atomic mass is 10.1. The van der Waals surface area contributed by atoms with E-state index in [0.717, 1.165) is 16.0 Å². The molecule has 0 aromatic heterocycles. The first kappa shape index (κ1) is 15.2. The van der Waals surface area contributed by atoms with Crippen LogP contribution < -0.4 is 10.3 Å². The van der Waals surface area contributed by atoms with Gasteiger partial charge in [-0.2, -0.15) is 5.10 Å². The van der Waals surface area contributed by atoms with Crippen molar-refractivity contribution in [2.24, 2.45) is 5.10 Å². The topological polar surface area (TPSA) is 27.6 Å². The zero-order valence-electron chi connectivity index (χ0n) is 12.3. The van der Waals surface area contributed by atoms with Crippen LogP contribution in [0.4, 0.5) is 5.69 Å². The molecule has 0 amide bonds. The highest BCUT2D eigenvalue weighted by atomic mass is 32.1. The lowest BCUT2D eigenvalue weighted by molar-refractivity contribution is 0.858. The van der Waals surface area contributed by atoms with E-state index in [2.05, 4.69) is 27.6 Å². The molecule has 4 heteroatoms. The second kappa shape index (κ2) is 7.55. The summed E-state index contributed by atoms with van der Waals surface area (Å²) in [5.41, 5.74) is 6.27. The standard InChI is InChI=1S/C17H19N3S/c1-20(2)16-10-8-14(9-11-16)12-18-19-13-17(21)15-6-4-3-5-7-15/h3-12,19H,13H2,1-2H3/b18-12+. The molecule has 0 aliphatic carbocycles. The number of hydrogen-bond donors (Lipinski definition) is 1. The van der Waals surface area contributed by atoms with Gasteiger partial charge in [-0.3, -0.25) is 0 Å². The minimum absolute atomic E-state index is 0.561. The summed E-state index contributed by atoms with van der Waals surface area (Å²) in [7, 11) is 4.05. The molecule has 108 valence electrons. The summed E-state index contributed by atoms with van der Waals surface area (Å²) < 4.78 is 0. The number of thiocarbonyl (C=S) groups is 1. The van der Waals surface area contributed by atoms with E-state index in [-0.39, 0.29) is 0 Å².